The van der Waals surface area contributed by atoms with Crippen LogP contribution in [0.3, 0.4) is 0 Å². The first-order chi connectivity index (χ1) is 8.83. The number of Topliss-reactive ketones (excluding diaryl/α,β-unsaturated/α-hetero) is 1. The maximum atomic E-state index is 12.5. The van der Waals surface area contributed by atoms with Gasteiger partial charge in [-0.2, -0.15) is 5.26 Å². The van der Waals surface area contributed by atoms with E-state index in [1.807, 2.05) is 30.3 Å². The Labute approximate surface area is 109 Å². The molecule has 0 spiro atoms. The van der Waals surface area contributed by atoms with E-state index in [4.69, 9.17) is 5.26 Å². The summed E-state index contributed by atoms with van der Waals surface area (Å²) in [5.41, 5.74) is 0.995. The average Bonchev–Trinajstić information content (AvgIpc) is 2.46. The highest BCUT2D eigenvalue weighted by Gasteiger charge is 2.28. The van der Waals surface area contributed by atoms with Gasteiger partial charge in [0.1, 0.15) is 5.78 Å². The third kappa shape index (κ3) is 2.98. The molecule has 1 aromatic carbocycles. The number of hydrogen-bond acceptors (Lipinski definition) is 2. The summed E-state index contributed by atoms with van der Waals surface area (Å²) in [4.78, 5) is 12.5. The molecule has 1 unspecified atom stereocenters. The molecule has 0 aromatic heterocycles. The number of nitriles is 1. The first-order valence-electron chi connectivity index (χ1n) is 6.78. The molecular weight excluding hydrogens is 222 g/mol. The fourth-order valence-electron chi connectivity index (χ4n) is 2.83. The predicted octanol–water partition coefficient (Wildman–Crippen LogP) is 3.83. The molecule has 2 rings (SSSR count). The van der Waals surface area contributed by atoms with Gasteiger partial charge in [0.2, 0.25) is 0 Å². The van der Waals surface area contributed by atoms with Crippen molar-refractivity contribution in [3.63, 3.8) is 0 Å². The van der Waals surface area contributed by atoms with E-state index >= 15 is 0 Å². The fourth-order valence-corrected chi connectivity index (χ4v) is 2.83. The van der Waals surface area contributed by atoms with Crippen LogP contribution in [0.4, 0.5) is 0 Å². The molecule has 0 heterocycles. The van der Waals surface area contributed by atoms with Crippen molar-refractivity contribution in [2.24, 2.45) is 5.92 Å². The third-order valence-electron chi connectivity index (χ3n) is 3.85. The zero-order chi connectivity index (χ0) is 12.8. The Hall–Kier alpha value is -1.62. The van der Waals surface area contributed by atoms with E-state index in [-0.39, 0.29) is 17.6 Å². The standard InChI is InChI=1S/C16H19NO/c17-12-11-15(13-7-3-1-4-8-13)16(18)14-9-5-2-6-10-14/h1,3-4,7-8,14-15H,2,5-6,9-11H2. The van der Waals surface area contributed by atoms with Gasteiger partial charge in [-0.25, -0.2) is 0 Å². The molecule has 0 bridgehead atoms. The molecule has 94 valence electrons. The molecule has 0 aliphatic heterocycles. The van der Waals surface area contributed by atoms with E-state index in [1.54, 1.807) is 0 Å². The second-order valence-corrected chi connectivity index (χ2v) is 5.06. The van der Waals surface area contributed by atoms with E-state index in [1.165, 1.54) is 6.42 Å². The topological polar surface area (TPSA) is 40.9 Å². The van der Waals surface area contributed by atoms with E-state index in [2.05, 4.69) is 6.07 Å². The number of nitrogens with zero attached hydrogens (tertiary/aromatic N) is 1. The van der Waals surface area contributed by atoms with E-state index in [0.717, 1.165) is 31.2 Å². The average molecular weight is 241 g/mol. The molecule has 2 nitrogen and oxygen atoms in total. The Morgan fingerprint density at radius 1 is 1.22 bits per heavy atom. The number of ketones is 1. The minimum absolute atomic E-state index is 0.178. The molecular formula is C16H19NO. The van der Waals surface area contributed by atoms with Crippen molar-refractivity contribution < 1.29 is 4.79 Å². The van der Waals surface area contributed by atoms with Crippen LogP contribution in [-0.2, 0) is 4.79 Å². The van der Waals surface area contributed by atoms with Gasteiger partial charge < -0.3 is 0 Å². The van der Waals surface area contributed by atoms with Crippen molar-refractivity contribution in [2.75, 3.05) is 0 Å². The zero-order valence-electron chi connectivity index (χ0n) is 10.6. The summed E-state index contributed by atoms with van der Waals surface area (Å²) >= 11 is 0. The summed E-state index contributed by atoms with van der Waals surface area (Å²) in [6.45, 7) is 0. The van der Waals surface area contributed by atoms with Gasteiger partial charge in [-0.05, 0) is 18.4 Å². The molecule has 1 atom stereocenters. The Morgan fingerprint density at radius 2 is 1.89 bits per heavy atom. The molecule has 1 aromatic rings. The Kier molecular flexibility index (Phi) is 4.52. The lowest BCUT2D eigenvalue weighted by molar-refractivity contribution is -0.125. The Bertz CT molecular complexity index is 426. The molecule has 1 aliphatic carbocycles. The van der Waals surface area contributed by atoms with E-state index < -0.39 is 0 Å². The molecule has 1 saturated carbocycles. The second-order valence-electron chi connectivity index (χ2n) is 5.06. The number of carbonyl (C=O) groups is 1. The zero-order valence-corrected chi connectivity index (χ0v) is 10.6. The summed E-state index contributed by atoms with van der Waals surface area (Å²) in [6.07, 6.45) is 5.88. The molecule has 0 amide bonds. The van der Waals surface area contributed by atoms with Crippen LogP contribution >= 0.6 is 0 Å². The van der Waals surface area contributed by atoms with Gasteiger partial charge in [0.05, 0.1) is 12.0 Å². The number of benzene rings is 1. The fraction of sp³-hybridized carbons (Fsp3) is 0.500. The van der Waals surface area contributed by atoms with Crippen LogP contribution in [0.25, 0.3) is 0 Å². The largest absolute Gasteiger partial charge is 0.299 e. The molecule has 1 aliphatic rings. The summed E-state index contributed by atoms with van der Waals surface area (Å²) in [7, 11) is 0. The van der Waals surface area contributed by atoms with Crippen LogP contribution in [0.1, 0.15) is 50.0 Å². The summed E-state index contributed by atoms with van der Waals surface area (Å²) < 4.78 is 0. The monoisotopic (exact) mass is 241 g/mol. The third-order valence-corrected chi connectivity index (χ3v) is 3.85. The number of rotatable bonds is 4. The molecule has 0 saturated heterocycles. The molecule has 18 heavy (non-hydrogen) atoms. The van der Waals surface area contributed by atoms with Crippen LogP contribution < -0.4 is 0 Å². The van der Waals surface area contributed by atoms with Crippen LogP contribution in [0, 0.1) is 17.2 Å². The van der Waals surface area contributed by atoms with Crippen molar-refractivity contribution in [1.29, 1.82) is 5.26 Å². The normalized spacial score (nSPS) is 17.9. The Morgan fingerprint density at radius 3 is 2.50 bits per heavy atom. The highest BCUT2D eigenvalue weighted by Crippen LogP contribution is 2.31. The Balaban J connectivity index is 2.14. The first kappa shape index (κ1) is 12.8. The van der Waals surface area contributed by atoms with Gasteiger partial charge in [0.15, 0.2) is 0 Å². The van der Waals surface area contributed by atoms with Crippen molar-refractivity contribution >= 4 is 5.78 Å². The van der Waals surface area contributed by atoms with Gasteiger partial charge in [-0.15, -0.1) is 0 Å². The highest BCUT2D eigenvalue weighted by atomic mass is 16.1. The smallest absolute Gasteiger partial charge is 0.144 e. The summed E-state index contributed by atoms with van der Waals surface area (Å²) in [6, 6.07) is 11.9. The van der Waals surface area contributed by atoms with Crippen LogP contribution in [0.5, 0.6) is 0 Å². The molecule has 0 radical (unpaired) electrons. The van der Waals surface area contributed by atoms with E-state index in [9.17, 15) is 4.79 Å². The van der Waals surface area contributed by atoms with Crippen molar-refractivity contribution in [2.45, 2.75) is 44.4 Å². The first-order valence-corrected chi connectivity index (χ1v) is 6.78. The molecule has 2 heteroatoms. The van der Waals surface area contributed by atoms with Gasteiger partial charge in [-0.3, -0.25) is 4.79 Å². The second kappa shape index (κ2) is 6.35. The van der Waals surface area contributed by atoms with E-state index in [0.29, 0.717) is 6.42 Å². The quantitative estimate of drug-likeness (QED) is 0.803. The van der Waals surface area contributed by atoms with Gasteiger partial charge >= 0.3 is 0 Å². The molecule has 1 fully saturated rings. The van der Waals surface area contributed by atoms with Gasteiger partial charge in [-0.1, -0.05) is 49.6 Å². The SMILES string of the molecule is N#CCC(C(=O)C1CCCCC1)c1ccccc1. The lowest BCUT2D eigenvalue weighted by Gasteiger charge is -2.24. The maximum absolute atomic E-state index is 12.5. The minimum atomic E-state index is -0.223. The van der Waals surface area contributed by atoms with Crippen molar-refractivity contribution in [1.82, 2.24) is 0 Å². The predicted molar refractivity (Wildman–Crippen MR) is 71.0 cm³/mol. The number of hydrogen-bond donors (Lipinski definition) is 0. The lowest BCUT2D eigenvalue weighted by Crippen LogP contribution is -2.24. The highest BCUT2D eigenvalue weighted by molar-refractivity contribution is 5.88. The van der Waals surface area contributed by atoms with Crippen molar-refractivity contribution in [3.8, 4) is 6.07 Å². The lowest BCUT2D eigenvalue weighted by atomic mass is 9.78. The molecule has 0 N–H and O–H groups in total. The van der Waals surface area contributed by atoms with Crippen LogP contribution in [0.15, 0.2) is 30.3 Å². The summed E-state index contributed by atoms with van der Waals surface area (Å²) in [5.74, 6) is 0.235. The van der Waals surface area contributed by atoms with Gasteiger partial charge in [0, 0.05) is 12.3 Å². The van der Waals surface area contributed by atoms with Crippen LogP contribution in [0.2, 0.25) is 0 Å². The maximum Gasteiger partial charge on any atom is 0.144 e. The minimum Gasteiger partial charge on any atom is -0.299 e. The summed E-state index contributed by atoms with van der Waals surface area (Å²) in [5, 5.41) is 8.94. The number of carbonyl (C=O) groups excluding carboxylic acids is 1. The van der Waals surface area contributed by atoms with Gasteiger partial charge in [0.25, 0.3) is 0 Å². The van der Waals surface area contributed by atoms with Crippen molar-refractivity contribution in [3.05, 3.63) is 35.9 Å². The van der Waals surface area contributed by atoms with Crippen LogP contribution in [-0.4, -0.2) is 5.78 Å².